The van der Waals surface area contributed by atoms with Gasteiger partial charge in [0.2, 0.25) is 0 Å². The minimum atomic E-state index is -3.29. The van der Waals surface area contributed by atoms with E-state index in [1.807, 2.05) is 13.8 Å². The summed E-state index contributed by atoms with van der Waals surface area (Å²) < 4.78 is 22.9. The van der Waals surface area contributed by atoms with Crippen molar-refractivity contribution in [3.8, 4) is 0 Å². The van der Waals surface area contributed by atoms with E-state index in [9.17, 15) is 13.2 Å². The first-order chi connectivity index (χ1) is 8.21. The van der Waals surface area contributed by atoms with Crippen molar-refractivity contribution >= 4 is 15.7 Å². The van der Waals surface area contributed by atoms with E-state index in [1.165, 1.54) is 12.1 Å². The van der Waals surface area contributed by atoms with Crippen LogP contribution >= 0.6 is 0 Å². The highest BCUT2D eigenvalue weighted by molar-refractivity contribution is 7.90. The summed E-state index contributed by atoms with van der Waals surface area (Å²) in [6, 6.07) is 4.60. The predicted molar refractivity (Wildman–Crippen MR) is 71.5 cm³/mol. The minimum absolute atomic E-state index is 0.169. The molecule has 1 aromatic rings. The van der Waals surface area contributed by atoms with Crippen molar-refractivity contribution in [2.24, 2.45) is 5.92 Å². The van der Waals surface area contributed by atoms with Crippen molar-refractivity contribution in [3.05, 3.63) is 29.3 Å². The summed E-state index contributed by atoms with van der Waals surface area (Å²) in [5.41, 5.74) is 1.18. The van der Waals surface area contributed by atoms with Crippen molar-refractivity contribution in [1.82, 2.24) is 5.32 Å². The molecule has 0 saturated carbocycles. The Labute approximate surface area is 108 Å². The number of carbonyl (C=O) groups excluding carboxylic acids is 1. The summed E-state index contributed by atoms with van der Waals surface area (Å²) >= 11 is 0. The minimum Gasteiger partial charge on any atom is -0.352 e. The van der Waals surface area contributed by atoms with E-state index < -0.39 is 9.84 Å². The fourth-order valence-electron chi connectivity index (χ4n) is 1.47. The highest BCUT2D eigenvalue weighted by Gasteiger charge is 2.14. The van der Waals surface area contributed by atoms with E-state index in [2.05, 4.69) is 5.32 Å². The van der Waals surface area contributed by atoms with Gasteiger partial charge in [0.05, 0.1) is 4.90 Å². The second-order valence-electron chi connectivity index (χ2n) is 4.85. The topological polar surface area (TPSA) is 63.2 Å². The molecule has 0 heterocycles. The Kier molecular flexibility index (Phi) is 4.51. The van der Waals surface area contributed by atoms with Gasteiger partial charge in [0.15, 0.2) is 9.84 Å². The van der Waals surface area contributed by atoms with Crippen LogP contribution in [0.3, 0.4) is 0 Å². The van der Waals surface area contributed by atoms with E-state index in [0.29, 0.717) is 18.0 Å². The molecule has 1 rings (SSSR count). The molecule has 0 bridgehead atoms. The van der Waals surface area contributed by atoms with Crippen molar-refractivity contribution in [2.45, 2.75) is 25.7 Å². The first-order valence-electron chi connectivity index (χ1n) is 5.80. The summed E-state index contributed by atoms with van der Waals surface area (Å²) in [6.45, 7) is 6.36. The maximum absolute atomic E-state index is 11.9. The van der Waals surface area contributed by atoms with Gasteiger partial charge in [-0.1, -0.05) is 19.9 Å². The summed E-state index contributed by atoms with van der Waals surface area (Å²) in [7, 11) is -3.29. The van der Waals surface area contributed by atoms with Crippen LogP contribution < -0.4 is 5.32 Å². The van der Waals surface area contributed by atoms with E-state index in [-0.39, 0.29) is 10.8 Å². The number of benzene rings is 1. The molecule has 0 fully saturated rings. The number of hydrogen-bond donors (Lipinski definition) is 1. The van der Waals surface area contributed by atoms with Crippen molar-refractivity contribution in [2.75, 3.05) is 12.8 Å². The van der Waals surface area contributed by atoms with Crippen molar-refractivity contribution in [1.29, 1.82) is 0 Å². The third kappa shape index (κ3) is 3.84. The fraction of sp³-hybridized carbons (Fsp3) is 0.462. The number of sulfone groups is 1. The average Bonchev–Trinajstić information content (AvgIpc) is 2.24. The molecule has 18 heavy (non-hydrogen) atoms. The zero-order valence-electron chi connectivity index (χ0n) is 11.1. The molecule has 0 aromatic heterocycles. The van der Waals surface area contributed by atoms with Crippen LogP contribution in [-0.4, -0.2) is 27.1 Å². The van der Waals surface area contributed by atoms with Gasteiger partial charge in [0, 0.05) is 18.4 Å². The molecule has 0 aliphatic rings. The van der Waals surface area contributed by atoms with Crippen LogP contribution in [0.4, 0.5) is 0 Å². The molecule has 1 aromatic carbocycles. The second-order valence-corrected chi connectivity index (χ2v) is 6.87. The van der Waals surface area contributed by atoms with E-state index >= 15 is 0 Å². The Morgan fingerprint density at radius 1 is 1.33 bits per heavy atom. The largest absolute Gasteiger partial charge is 0.352 e. The first kappa shape index (κ1) is 14.7. The third-order valence-corrected chi connectivity index (χ3v) is 3.66. The molecule has 100 valence electrons. The van der Waals surface area contributed by atoms with Crippen LogP contribution in [0, 0.1) is 12.8 Å². The molecule has 5 heteroatoms. The lowest BCUT2D eigenvalue weighted by Gasteiger charge is -2.10. The smallest absolute Gasteiger partial charge is 0.251 e. The van der Waals surface area contributed by atoms with Gasteiger partial charge in [-0.15, -0.1) is 0 Å². The van der Waals surface area contributed by atoms with Gasteiger partial charge in [0.1, 0.15) is 0 Å². The molecular formula is C13H19NO3S. The van der Waals surface area contributed by atoms with Crippen molar-refractivity contribution in [3.63, 3.8) is 0 Å². The Bertz CT molecular complexity index is 547. The Balaban J connectivity index is 3.05. The van der Waals surface area contributed by atoms with E-state index in [1.54, 1.807) is 13.0 Å². The summed E-state index contributed by atoms with van der Waals surface area (Å²) in [6.07, 6.45) is 1.13. The monoisotopic (exact) mass is 269 g/mol. The number of carbonyl (C=O) groups is 1. The molecule has 1 amide bonds. The highest BCUT2D eigenvalue weighted by Crippen LogP contribution is 2.15. The van der Waals surface area contributed by atoms with Gasteiger partial charge in [-0.25, -0.2) is 8.42 Å². The molecule has 0 saturated heterocycles. The van der Waals surface area contributed by atoms with Gasteiger partial charge < -0.3 is 5.32 Å². The molecule has 0 aliphatic heterocycles. The molecular weight excluding hydrogens is 250 g/mol. The molecule has 0 atom stereocenters. The molecule has 0 radical (unpaired) electrons. The maximum Gasteiger partial charge on any atom is 0.251 e. The SMILES string of the molecule is Cc1ccc(S(C)(=O)=O)cc1C(=O)NCC(C)C. The number of rotatable bonds is 4. The van der Waals surface area contributed by atoms with Gasteiger partial charge in [-0.05, 0) is 30.5 Å². The standard InChI is InChI=1S/C13H19NO3S/c1-9(2)8-14-13(15)12-7-11(18(4,16)17)6-5-10(12)3/h5-7,9H,8H2,1-4H3,(H,14,15). The summed E-state index contributed by atoms with van der Waals surface area (Å²) in [5, 5.41) is 2.78. The van der Waals surface area contributed by atoms with Crippen LogP contribution in [0.1, 0.15) is 29.8 Å². The normalized spacial score (nSPS) is 11.6. The van der Waals surface area contributed by atoms with Gasteiger partial charge in [-0.3, -0.25) is 4.79 Å². The fourth-order valence-corrected chi connectivity index (χ4v) is 2.12. The molecule has 0 aliphatic carbocycles. The number of aryl methyl sites for hydroxylation is 1. The second kappa shape index (κ2) is 5.52. The van der Waals surface area contributed by atoms with E-state index in [0.717, 1.165) is 11.8 Å². The lowest BCUT2D eigenvalue weighted by Crippen LogP contribution is -2.28. The quantitative estimate of drug-likeness (QED) is 0.906. The van der Waals surface area contributed by atoms with Crippen LogP contribution in [0.2, 0.25) is 0 Å². The third-order valence-electron chi connectivity index (χ3n) is 2.55. The van der Waals surface area contributed by atoms with Gasteiger partial charge in [0.25, 0.3) is 5.91 Å². The molecule has 0 spiro atoms. The number of amides is 1. The molecule has 4 nitrogen and oxygen atoms in total. The van der Waals surface area contributed by atoms with Gasteiger partial charge in [-0.2, -0.15) is 0 Å². The Morgan fingerprint density at radius 3 is 2.44 bits per heavy atom. The highest BCUT2D eigenvalue weighted by atomic mass is 32.2. The molecule has 0 unspecified atom stereocenters. The zero-order chi connectivity index (χ0) is 13.9. The average molecular weight is 269 g/mol. The van der Waals surface area contributed by atoms with Crippen LogP contribution in [-0.2, 0) is 9.84 Å². The molecule has 1 N–H and O–H groups in total. The lowest BCUT2D eigenvalue weighted by atomic mass is 10.1. The first-order valence-corrected chi connectivity index (χ1v) is 7.70. The zero-order valence-corrected chi connectivity index (χ0v) is 12.0. The maximum atomic E-state index is 11.9. The number of hydrogen-bond acceptors (Lipinski definition) is 3. The van der Waals surface area contributed by atoms with Gasteiger partial charge >= 0.3 is 0 Å². The van der Waals surface area contributed by atoms with Crippen molar-refractivity contribution < 1.29 is 13.2 Å². The number of nitrogens with one attached hydrogen (secondary N) is 1. The van der Waals surface area contributed by atoms with Crippen LogP contribution in [0.5, 0.6) is 0 Å². The Hall–Kier alpha value is -1.36. The van der Waals surface area contributed by atoms with Crippen LogP contribution in [0.15, 0.2) is 23.1 Å². The van der Waals surface area contributed by atoms with E-state index in [4.69, 9.17) is 0 Å². The summed E-state index contributed by atoms with van der Waals surface area (Å²) in [5.74, 6) is 0.124. The Morgan fingerprint density at radius 2 is 1.94 bits per heavy atom. The summed E-state index contributed by atoms with van der Waals surface area (Å²) in [4.78, 5) is 12.1. The lowest BCUT2D eigenvalue weighted by molar-refractivity contribution is 0.0948. The van der Waals surface area contributed by atoms with Crippen LogP contribution in [0.25, 0.3) is 0 Å². The predicted octanol–water partition coefficient (Wildman–Crippen LogP) is 1.78.